The molecule has 1 aliphatic carbocycles. The minimum absolute atomic E-state index is 0.0472. The molecular formula is C32H32ClF2N3O5S. The second-order valence-corrected chi connectivity index (χ2v) is 13.8. The molecule has 1 unspecified atom stereocenters. The second-order valence-electron chi connectivity index (χ2n) is 11.6. The molecule has 1 atom stereocenters. The van der Waals surface area contributed by atoms with Crippen LogP contribution in [0.1, 0.15) is 54.1 Å². The van der Waals surface area contributed by atoms with Crippen LogP contribution in [0.25, 0.3) is 0 Å². The molecule has 6 rings (SSSR count). The van der Waals surface area contributed by atoms with Gasteiger partial charge >= 0.3 is 6.61 Å². The van der Waals surface area contributed by atoms with Crippen molar-refractivity contribution in [3.8, 4) is 5.75 Å². The number of ether oxygens (including phenoxy) is 1. The summed E-state index contributed by atoms with van der Waals surface area (Å²) in [5.41, 5.74) is 1.70. The third-order valence-electron chi connectivity index (χ3n) is 9.01. The summed E-state index contributed by atoms with van der Waals surface area (Å²) in [6.07, 6.45) is 2.71. The number of fused-ring (bicyclic) bond motifs is 2. The van der Waals surface area contributed by atoms with E-state index in [1.54, 1.807) is 29.2 Å². The number of amides is 2. The van der Waals surface area contributed by atoms with Crippen molar-refractivity contribution in [2.75, 3.05) is 17.4 Å². The number of likely N-dealkylation sites (tertiary alicyclic amines) is 1. The van der Waals surface area contributed by atoms with Crippen molar-refractivity contribution in [1.29, 1.82) is 0 Å². The van der Waals surface area contributed by atoms with Crippen molar-refractivity contribution in [2.45, 2.75) is 62.1 Å². The molecule has 3 aromatic rings. The first kappa shape index (κ1) is 30.3. The third kappa shape index (κ3) is 5.51. The first-order valence-corrected chi connectivity index (χ1v) is 16.3. The summed E-state index contributed by atoms with van der Waals surface area (Å²) in [4.78, 5) is 27.2. The van der Waals surface area contributed by atoms with Crippen LogP contribution in [0.2, 0.25) is 5.02 Å². The van der Waals surface area contributed by atoms with Gasteiger partial charge in [0.05, 0.1) is 16.6 Å². The molecule has 8 nitrogen and oxygen atoms in total. The highest BCUT2D eigenvalue weighted by Gasteiger charge is 2.60. The molecule has 1 spiro atoms. The number of sulfonamides is 1. The highest BCUT2D eigenvalue weighted by Crippen LogP contribution is 2.59. The third-order valence-corrected chi connectivity index (χ3v) is 11.2. The van der Waals surface area contributed by atoms with E-state index in [2.05, 4.69) is 10.1 Å². The number of piperidine rings is 1. The van der Waals surface area contributed by atoms with Crippen molar-refractivity contribution in [3.05, 3.63) is 88.4 Å². The summed E-state index contributed by atoms with van der Waals surface area (Å²) in [7, 11) is -4.24. The van der Waals surface area contributed by atoms with Crippen molar-refractivity contribution < 1.29 is 31.5 Å². The number of hydrogen-bond donors (Lipinski definition) is 1. The highest BCUT2D eigenvalue weighted by atomic mass is 35.5. The zero-order chi connectivity index (χ0) is 31.2. The van der Waals surface area contributed by atoms with Crippen LogP contribution in [0, 0.1) is 5.92 Å². The Hall–Kier alpha value is -3.70. The predicted octanol–water partition coefficient (Wildman–Crippen LogP) is 5.74. The van der Waals surface area contributed by atoms with Gasteiger partial charge in [0.2, 0.25) is 5.91 Å². The van der Waals surface area contributed by atoms with Crippen LogP contribution in [-0.4, -0.2) is 50.9 Å². The maximum Gasteiger partial charge on any atom is 0.387 e. The van der Waals surface area contributed by atoms with Crippen molar-refractivity contribution in [2.24, 2.45) is 5.92 Å². The maximum atomic E-state index is 14.4. The number of anilines is 1. The van der Waals surface area contributed by atoms with E-state index in [1.165, 1.54) is 29.4 Å². The van der Waals surface area contributed by atoms with E-state index >= 15 is 0 Å². The Bertz CT molecular complexity index is 1710. The molecule has 1 saturated heterocycles. The molecule has 44 heavy (non-hydrogen) atoms. The SMILES string of the molecule is CC(=O)N1CCC2(CC1)c1cc(C(=O)NCc3ccccc3Cl)ccc1N(S(=O)(=O)c1cccc(OC(F)F)c1)C2C1CC1. The van der Waals surface area contributed by atoms with Crippen LogP contribution in [0.4, 0.5) is 14.5 Å². The lowest BCUT2D eigenvalue weighted by atomic mass is 9.68. The number of carbonyl (C=O) groups is 2. The molecule has 232 valence electrons. The zero-order valence-corrected chi connectivity index (χ0v) is 25.6. The van der Waals surface area contributed by atoms with E-state index in [9.17, 15) is 26.8 Å². The standard InChI is InChI=1S/C32H32ClF2N3O5S/c1-20(39)37-15-13-32(14-16-37)26-17-22(30(40)36-19-23-5-2-3-8-27(23)33)11-12-28(26)38(29(32)21-9-10-21)44(41,42)25-7-4-6-24(18-25)43-31(34)35/h2-8,11-12,17-18,21,29,31H,9-10,13-16,19H2,1H3,(H,36,40). The zero-order valence-electron chi connectivity index (χ0n) is 24.0. The van der Waals surface area contributed by atoms with Gasteiger partial charge in [0.25, 0.3) is 15.9 Å². The van der Waals surface area contributed by atoms with Gasteiger partial charge in [0, 0.05) is 48.6 Å². The summed E-state index contributed by atoms with van der Waals surface area (Å²) < 4.78 is 60.7. The van der Waals surface area contributed by atoms with Gasteiger partial charge in [-0.2, -0.15) is 8.78 Å². The van der Waals surface area contributed by atoms with Crippen LogP contribution in [0.15, 0.2) is 71.6 Å². The lowest BCUT2D eigenvalue weighted by Gasteiger charge is -2.45. The van der Waals surface area contributed by atoms with Crippen LogP contribution in [0.5, 0.6) is 5.75 Å². The van der Waals surface area contributed by atoms with Crippen LogP contribution in [0.3, 0.4) is 0 Å². The summed E-state index contributed by atoms with van der Waals surface area (Å²) in [6, 6.07) is 17.0. The van der Waals surface area contributed by atoms with E-state index < -0.39 is 28.1 Å². The first-order valence-electron chi connectivity index (χ1n) is 14.5. The van der Waals surface area contributed by atoms with Gasteiger partial charge in [-0.25, -0.2) is 8.42 Å². The topological polar surface area (TPSA) is 96.0 Å². The Morgan fingerprint density at radius 2 is 1.77 bits per heavy atom. The van der Waals surface area contributed by atoms with Crippen molar-refractivity contribution >= 4 is 39.1 Å². The van der Waals surface area contributed by atoms with Gasteiger partial charge in [-0.3, -0.25) is 13.9 Å². The average Bonchev–Trinajstić information content (AvgIpc) is 3.80. The lowest BCUT2D eigenvalue weighted by molar-refractivity contribution is -0.130. The lowest BCUT2D eigenvalue weighted by Crippen LogP contribution is -2.54. The number of halogens is 3. The largest absolute Gasteiger partial charge is 0.435 e. The molecule has 0 radical (unpaired) electrons. The van der Waals surface area contributed by atoms with Crippen LogP contribution < -0.4 is 14.4 Å². The molecule has 2 fully saturated rings. The van der Waals surface area contributed by atoms with Gasteiger partial charge in [-0.15, -0.1) is 0 Å². The Morgan fingerprint density at radius 1 is 1.05 bits per heavy atom. The van der Waals surface area contributed by atoms with Crippen molar-refractivity contribution in [1.82, 2.24) is 10.2 Å². The molecule has 0 aromatic heterocycles. The molecule has 1 N–H and O–H groups in total. The molecule has 3 aromatic carbocycles. The molecule has 1 saturated carbocycles. The van der Waals surface area contributed by atoms with Gasteiger partial charge in [0.1, 0.15) is 5.75 Å². The Labute approximate surface area is 260 Å². The number of benzene rings is 3. The molecule has 2 heterocycles. The minimum Gasteiger partial charge on any atom is -0.435 e. The van der Waals surface area contributed by atoms with E-state index in [-0.39, 0.29) is 34.9 Å². The first-order chi connectivity index (χ1) is 21.0. The number of nitrogens with one attached hydrogen (secondary N) is 1. The Balaban J connectivity index is 1.42. The molecule has 2 amide bonds. The molecule has 0 bridgehead atoms. The van der Waals surface area contributed by atoms with E-state index in [0.717, 1.165) is 30.0 Å². The summed E-state index contributed by atoms with van der Waals surface area (Å²) >= 11 is 6.27. The van der Waals surface area contributed by atoms with Crippen LogP contribution >= 0.6 is 11.6 Å². The monoisotopic (exact) mass is 643 g/mol. The minimum atomic E-state index is -4.24. The Kier molecular flexibility index (Phi) is 8.04. The molecule has 2 aliphatic heterocycles. The fourth-order valence-electron chi connectivity index (χ4n) is 6.76. The van der Waals surface area contributed by atoms with Crippen LogP contribution in [-0.2, 0) is 26.8 Å². The number of carbonyl (C=O) groups excluding carboxylic acids is 2. The number of nitrogens with zero attached hydrogens (tertiary/aromatic N) is 2. The summed E-state index contributed by atoms with van der Waals surface area (Å²) in [6.45, 7) is -0.460. The number of hydrogen-bond acceptors (Lipinski definition) is 5. The van der Waals surface area contributed by atoms with E-state index in [1.807, 2.05) is 18.2 Å². The predicted molar refractivity (Wildman–Crippen MR) is 161 cm³/mol. The van der Waals surface area contributed by atoms with E-state index in [0.29, 0.717) is 42.2 Å². The molecular weight excluding hydrogens is 612 g/mol. The molecule has 3 aliphatic rings. The van der Waals surface area contributed by atoms with E-state index in [4.69, 9.17) is 11.6 Å². The molecule has 12 heteroatoms. The number of rotatable bonds is 8. The van der Waals surface area contributed by atoms with Gasteiger partial charge < -0.3 is 15.0 Å². The quantitative estimate of drug-likeness (QED) is 0.338. The Morgan fingerprint density at radius 3 is 2.43 bits per heavy atom. The smallest absolute Gasteiger partial charge is 0.387 e. The maximum absolute atomic E-state index is 14.4. The summed E-state index contributed by atoms with van der Waals surface area (Å²) in [5.74, 6) is -0.559. The van der Waals surface area contributed by atoms with Gasteiger partial charge in [0.15, 0.2) is 0 Å². The van der Waals surface area contributed by atoms with Crippen molar-refractivity contribution in [3.63, 3.8) is 0 Å². The average molecular weight is 644 g/mol. The van der Waals surface area contributed by atoms with Gasteiger partial charge in [-0.05, 0) is 79.1 Å². The normalized spacial score (nSPS) is 19.2. The fourth-order valence-corrected chi connectivity index (χ4v) is 8.80. The fraction of sp³-hybridized carbons (Fsp3) is 0.375. The number of alkyl halides is 2. The second kappa shape index (κ2) is 11.7. The highest BCUT2D eigenvalue weighted by molar-refractivity contribution is 7.93. The van der Waals surface area contributed by atoms with Gasteiger partial charge in [-0.1, -0.05) is 35.9 Å². The summed E-state index contributed by atoms with van der Waals surface area (Å²) in [5, 5.41) is 3.45.